The van der Waals surface area contributed by atoms with Gasteiger partial charge in [0.15, 0.2) is 0 Å². The minimum atomic E-state index is -0.116. The minimum absolute atomic E-state index is 0. The van der Waals surface area contributed by atoms with Crippen molar-refractivity contribution in [3.05, 3.63) is 22.0 Å². The maximum Gasteiger partial charge on any atom is 0.225 e. The molecule has 0 saturated heterocycles. The molecule has 1 aromatic rings. The molecule has 1 unspecified atom stereocenters. The molecular formula is C9H13ClIN3O. The number of hydrogen-bond acceptors (Lipinski definition) is 3. The Kier molecular flexibility index (Phi) is 6.78. The van der Waals surface area contributed by atoms with Crippen LogP contribution in [0.5, 0.6) is 0 Å². The SMILES string of the molecule is CC(N)CC(=O)Nc1ccncc1I.Cl. The molecule has 0 spiro atoms. The van der Waals surface area contributed by atoms with Crippen molar-refractivity contribution in [2.24, 2.45) is 5.73 Å². The number of carbonyl (C=O) groups is 1. The van der Waals surface area contributed by atoms with E-state index in [-0.39, 0.29) is 24.4 Å². The molecule has 1 atom stereocenters. The Morgan fingerprint density at radius 2 is 2.40 bits per heavy atom. The highest BCUT2D eigenvalue weighted by Gasteiger charge is 2.06. The topological polar surface area (TPSA) is 68.0 Å². The van der Waals surface area contributed by atoms with Gasteiger partial charge in [-0.1, -0.05) is 0 Å². The third-order valence-corrected chi connectivity index (χ3v) is 2.41. The minimum Gasteiger partial charge on any atom is -0.327 e. The molecule has 4 nitrogen and oxygen atoms in total. The molecule has 3 N–H and O–H groups in total. The quantitative estimate of drug-likeness (QED) is 0.824. The molecule has 1 amide bonds. The lowest BCUT2D eigenvalue weighted by atomic mass is 10.2. The Morgan fingerprint density at radius 3 is 2.93 bits per heavy atom. The number of carbonyl (C=O) groups excluding carboxylic acids is 1. The van der Waals surface area contributed by atoms with Crippen LogP contribution in [0.2, 0.25) is 0 Å². The largest absolute Gasteiger partial charge is 0.327 e. The molecule has 0 aliphatic carbocycles. The Bertz CT molecular complexity index is 333. The third kappa shape index (κ3) is 5.29. The van der Waals surface area contributed by atoms with Crippen LogP contribution in [0, 0.1) is 3.57 Å². The molecule has 0 radical (unpaired) electrons. The number of aromatic nitrogens is 1. The second kappa shape index (κ2) is 6.97. The summed E-state index contributed by atoms with van der Waals surface area (Å²) in [5, 5.41) is 2.78. The van der Waals surface area contributed by atoms with Crippen LogP contribution in [0.15, 0.2) is 18.5 Å². The zero-order valence-electron chi connectivity index (χ0n) is 8.24. The molecule has 6 heteroatoms. The van der Waals surface area contributed by atoms with Gasteiger partial charge in [-0.25, -0.2) is 0 Å². The number of rotatable bonds is 3. The van der Waals surface area contributed by atoms with Gasteiger partial charge in [0.2, 0.25) is 5.91 Å². The van der Waals surface area contributed by atoms with Gasteiger partial charge in [0.05, 0.1) is 9.26 Å². The molecular weight excluding hydrogens is 328 g/mol. The van der Waals surface area contributed by atoms with Gasteiger partial charge in [-0.2, -0.15) is 0 Å². The standard InChI is InChI=1S/C9H12IN3O.ClH/c1-6(11)4-9(14)13-8-2-3-12-5-7(8)10;/h2-3,5-6H,4,11H2,1H3,(H,12,13,14);1H. The zero-order chi connectivity index (χ0) is 10.6. The predicted molar refractivity (Wildman–Crippen MR) is 71.1 cm³/mol. The number of anilines is 1. The molecule has 1 rings (SSSR count). The summed E-state index contributed by atoms with van der Waals surface area (Å²) < 4.78 is 0.920. The summed E-state index contributed by atoms with van der Waals surface area (Å²) in [6, 6.07) is 1.65. The highest BCUT2D eigenvalue weighted by atomic mass is 127. The number of amides is 1. The highest BCUT2D eigenvalue weighted by Crippen LogP contribution is 2.15. The van der Waals surface area contributed by atoms with Gasteiger partial charge in [0, 0.05) is 24.9 Å². The van der Waals surface area contributed by atoms with Gasteiger partial charge < -0.3 is 11.1 Å². The summed E-state index contributed by atoms with van der Waals surface area (Å²) in [7, 11) is 0. The average Bonchev–Trinajstić information content (AvgIpc) is 2.07. The maximum absolute atomic E-state index is 11.4. The fourth-order valence-electron chi connectivity index (χ4n) is 0.970. The van der Waals surface area contributed by atoms with E-state index in [1.54, 1.807) is 25.4 Å². The van der Waals surface area contributed by atoms with Crippen molar-refractivity contribution < 1.29 is 4.79 Å². The van der Waals surface area contributed by atoms with Crippen molar-refractivity contribution in [3.63, 3.8) is 0 Å². The first-order valence-electron chi connectivity index (χ1n) is 4.24. The summed E-state index contributed by atoms with van der Waals surface area (Å²) >= 11 is 2.12. The van der Waals surface area contributed by atoms with E-state index in [0.717, 1.165) is 9.26 Å². The number of halogens is 2. The molecule has 1 aromatic heterocycles. The summed E-state index contributed by atoms with van der Waals surface area (Å²) in [4.78, 5) is 15.3. The molecule has 0 fully saturated rings. The third-order valence-electron chi connectivity index (χ3n) is 1.55. The lowest BCUT2D eigenvalue weighted by Gasteiger charge is -2.08. The highest BCUT2D eigenvalue weighted by molar-refractivity contribution is 14.1. The summed E-state index contributed by atoms with van der Waals surface area (Å²) in [6.45, 7) is 1.80. The molecule has 0 aliphatic rings. The Morgan fingerprint density at radius 1 is 1.73 bits per heavy atom. The normalized spacial score (nSPS) is 11.4. The van der Waals surface area contributed by atoms with E-state index in [1.807, 2.05) is 0 Å². The van der Waals surface area contributed by atoms with Crippen molar-refractivity contribution in [2.75, 3.05) is 5.32 Å². The van der Waals surface area contributed by atoms with Crippen LogP contribution in [0.1, 0.15) is 13.3 Å². The van der Waals surface area contributed by atoms with E-state index in [1.165, 1.54) is 0 Å². The number of nitrogens with zero attached hydrogens (tertiary/aromatic N) is 1. The summed E-state index contributed by atoms with van der Waals surface area (Å²) in [6.07, 6.45) is 3.67. The smallest absolute Gasteiger partial charge is 0.225 e. The average molecular weight is 342 g/mol. The van der Waals surface area contributed by atoms with Crippen molar-refractivity contribution in [1.29, 1.82) is 0 Å². The zero-order valence-corrected chi connectivity index (χ0v) is 11.2. The molecule has 0 aromatic carbocycles. The van der Waals surface area contributed by atoms with E-state index in [4.69, 9.17) is 5.73 Å². The van der Waals surface area contributed by atoms with Crippen molar-refractivity contribution in [2.45, 2.75) is 19.4 Å². The summed E-state index contributed by atoms with van der Waals surface area (Å²) in [5.41, 5.74) is 6.29. The van der Waals surface area contributed by atoms with Gasteiger partial charge in [-0.3, -0.25) is 9.78 Å². The van der Waals surface area contributed by atoms with Crippen LogP contribution in [0.25, 0.3) is 0 Å². The number of nitrogens with two attached hydrogens (primary N) is 1. The van der Waals surface area contributed by atoms with Gasteiger partial charge in [0.1, 0.15) is 0 Å². The number of hydrogen-bond donors (Lipinski definition) is 2. The Labute approximate surface area is 109 Å². The van der Waals surface area contributed by atoms with Gasteiger partial charge in [-0.15, -0.1) is 12.4 Å². The van der Waals surface area contributed by atoms with Gasteiger partial charge in [-0.05, 0) is 35.6 Å². The second-order valence-corrected chi connectivity index (χ2v) is 4.25. The molecule has 15 heavy (non-hydrogen) atoms. The van der Waals surface area contributed by atoms with Crippen LogP contribution < -0.4 is 11.1 Å². The maximum atomic E-state index is 11.4. The lowest BCUT2D eigenvalue weighted by molar-refractivity contribution is -0.116. The van der Waals surface area contributed by atoms with Gasteiger partial charge in [0.25, 0.3) is 0 Å². The van der Waals surface area contributed by atoms with Crippen LogP contribution in [-0.4, -0.2) is 16.9 Å². The van der Waals surface area contributed by atoms with Crippen LogP contribution in [0.3, 0.4) is 0 Å². The van der Waals surface area contributed by atoms with Crippen LogP contribution >= 0.6 is 35.0 Å². The van der Waals surface area contributed by atoms with E-state index in [9.17, 15) is 4.79 Å². The monoisotopic (exact) mass is 341 g/mol. The van der Waals surface area contributed by atoms with E-state index < -0.39 is 0 Å². The van der Waals surface area contributed by atoms with E-state index >= 15 is 0 Å². The number of nitrogens with one attached hydrogen (secondary N) is 1. The molecule has 1 heterocycles. The fourth-order valence-corrected chi connectivity index (χ4v) is 1.45. The van der Waals surface area contributed by atoms with E-state index in [0.29, 0.717) is 6.42 Å². The van der Waals surface area contributed by atoms with Gasteiger partial charge >= 0.3 is 0 Å². The molecule has 0 aliphatic heterocycles. The summed E-state index contributed by atoms with van der Waals surface area (Å²) in [5.74, 6) is -0.0656. The Balaban J connectivity index is 0.00000196. The van der Waals surface area contributed by atoms with Crippen molar-refractivity contribution in [1.82, 2.24) is 4.98 Å². The number of pyridine rings is 1. The second-order valence-electron chi connectivity index (χ2n) is 3.09. The Hall–Kier alpha value is -0.400. The lowest BCUT2D eigenvalue weighted by Crippen LogP contribution is -2.24. The fraction of sp³-hybridized carbons (Fsp3) is 0.333. The first-order chi connectivity index (χ1) is 6.59. The molecule has 0 saturated carbocycles. The van der Waals surface area contributed by atoms with Crippen LogP contribution in [-0.2, 0) is 4.79 Å². The predicted octanol–water partition coefficient (Wildman–Crippen LogP) is 1.78. The first-order valence-corrected chi connectivity index (χ1v) is 5.32. The van der Waals surface area contributed by atoms with E-state index in [2.05, 4.69) is 32.9 Å². The van der Waals surface area contributed by atoms with Crippen molar-refractivity contribution >= 4 is 46.6 Å². The molecule has 84 valence electrons. The van der Waals surface area contributed by atoms with Crippen LogP contribution in [0.4, 0.5) is 5.69 Å². The van der Waals surface area contributed by atoms with Crippen molar-refractivity contribution in [3.8, 4) is 0 Å². The first kappa shape index (κ1) is 14.6. The molecule has 0 bridgehead atoms.